The number of hydrogen-bond acceptors (Lipinski definition) is 5. The summed E-state index contributed by atoms with van der Waals surface area (Å²) in [6.07, 6.45) is 4.85. The molecule has 6 nitrogen and oxygen atoms in total. The number of aromatic amines is 1. The summed E-state index contributed by atoms with van der Waals surface area (Å²) in [6, 6.07) is 0. The van der Waals surface area contributed by atoms with Gasteiger partial charge in [-0.15, -0.1) is 0 Å². The zero-order valence-corrected chi connectivity index (χ0v) is 12.6. The van der Waals surface area contributed by atoms with Crippen molar-refractivity contribution in [3.05, 3.63) is 27.7 Å². The van der Waals surface area contributed by atoms with Crippen molar-refractivity contribution in [1.82, 2.24) is 15.0 Å². The number of anilines is 1. The average molecular weight is 298 g/mol. The van der Waals surface area contributed by atoms with Gasteiger partial charge in [-0.3, -0.25) is 14.6 Å². The first-order valence-electron chi connectivity index (χ1n) is 7.83. The lowest BCUT2D eigenvalue weighted by Gasteiger charge is -2.30. The van der Waals surface area contributed by atoms with Crippen LogP contribution >= 0.6 is 0 Å². The second-order valence-corrected chi connectivity index (χ2v) is 6.33. The van der Waals surface area contributed by atoms with Crippen molar-refractivity contribution in [1.29, 1.82) is 0 Å². The van der Waals surface area contributed by atoms with Crippen LogP contribution < -0.4 is 10.5 Å². The quantitative estimate of drug-likeness (QED) is 0.866. The summed E-state index contributed by atoms with van der Waals surface area (Å²) >= 11 is 0. The van der Waals surface area contributed by atoms with Gasteiger partial charge in [0.15, 0.2) is 11.4 Å². The van der Waals surface area contributed by atoms with Gasteiger partial charge in [-0.2, -0.15) is 4.98 Å². The average Bonchev–Trinajstić information content (AvgIpc) is 2.89. The Morgan fingerprint density at radius 2 is 2.00 bits per heavy atom. The summed E-state index contributed by atoms with van der Waals surface area (Å²) in [5, 5.41) is 0.484. The Hall–Kier alpha value is -2.24. The summed E-state index contributed by atoms with van der Waals surface area (Å²) in [5.74, 6) is 1.38. The molecule has 0 spiro atoms. The van der Waals surface area contributed by atoms with Crippen molar-refractivity contribution in [2.75, 3.05) is 18.0 Å². The van der Waals surface area contributed by atoms with E-state index in [1.165, 1.54) is 0 Å². The third kappa shape index (κ3) is 2.01. The van der Waals surface area contributed by atoms with Gasteiger partial charge >= 0.3 is 0 Å². The highest BCUT2D eigenvalue weighted by molar-refractivity contribution is 6.04. The van der Waals surface area contributed by atoms with Crippen LogP contribution in [0.3, 0.4) is 0 Å². The number of aryl methyl sites for hydroxylation is 1. The molecule has 1 aliphatic heterocycles. The van der Waals surface area contributed by atoms with Crippen LogP contribution in [0, 0.1) is 5.92 Å². The van der Waals surface area contributed by atoms with Crippen LogP contribution in [0.2, 0.25) is 0 Å². The minimum Gasteiger partial charge on any atom is -0.342 e. The van der Waals surface area contributed by atoms with Crippen LogP contribution in [0.1, 0.15) is 42.1 Å². The Bertz CT molecular complexity index is 819. The molecule has 0 saturated carbocycles. The molecule has 0 bridgehead atoms. The first-order chi connectivity index (χ1) is 10.6. The number of piperidine rings is 1. The maximum atomic E-state index is 12.5. The summed E-state index contributed by atoms with van der Waals surface area (Å²) in [6.45, 7) is 4.05. The smallest absolute Gasteiger partial charge is 0.262 e. The fourth-order valence-corrected chi connectivity index (χ4v) is 3.40. The molecule has 2 aromatic heterocycles. The molecule has 0 atom stereocenters. The molecule has 2 aliphatic rings. The van der Waals surface area contributed by atoms with E-state index in [1.54, 1.807) is 6.20 Å². The molecule has 1 N–H and O–H groups in total. The Morgan fingerprint density at radius 3 is 2.77 bits per heavy atom. The van der Waals surface area contributed by atoms with Gasteiger partial charge in [0.1, 0.15) is 0 Å². The first-order valence-corrected chi connectivity index (χ1v) is 7.83. The lowest BCUT2D eigenvalue weighted by molar-refractivity contribution is 0.0994. The first kappa shape index (κ1) is 13.4. The molecule has 0 unspecified atom stereocenters. The van der Waals surface area contributed by atoms with Crippen molar-refractivity contribution < 1.29 is 4.79 Å². The van der Waals surface area contributed by atoms with E-state index in [-0.39, 0.29) is 11.3 Å². The van der Waals surface area contributed by atoms with Gasteiger partial charge in [0.25, 0.3) is 5.56 Å². The number of carbonyl (C=O) groups is 1. The third-order valence-corrected chi connectivity index (χ3v) is 4.82. The molecule has 6 heteroatoms. The molecule has 0 radical (unpaired) electrons. The molecular weight excluding hydrogens is 280 g/mol. The highest BCUT2D eigenvalue weighted by Crippen LogP contribution is 2.27. The van der Waals surface area contributed by atoms with Crippen molar-refractivity contribution in [2.45, 2.75) is 32.6 Å². The zero-order chi connectivity index (χ0) is 15.3. The number of hydrogen-bond donors (Lipinski definition) is 1. The lowest BCUT2D eigenvalue weighted by Crippen LogP contribution is -2.35. The van der Waals surface area contributed by atoms with Crippen LogP contribution in [0.15, 0.2) is 11.0 Å². The molecule has 1 saturated heterocycles. The number of fused-ring (bicyclic) bond motifs is 3. The van der Waals surface area contributed by atoms with Crippen molar-refractivity contribution in [2.24, 2.45) is 5.92 Å². The number of H-pyrrole nitrogens is 1. The molecule has 1 aliphatic carbocycles. The van der Waals surface area contributed by atoms with Gasteiger partial charge in [-0.1, -0.05) is 6.92 Å². The molecular formula is C16H18N4O2. The van der Waals surface area contributed by atoms with E-state index in [9.17, 15) is 9.59 Å². The van der Waals surface area contributed by atoms with E-state index in [2.05, 4.69) is 26.8 Å². The number of nitrogens with one attached hydrogen (secondary N) is 1. The lowest BCUT2D eigenvalue weighted by atomic mass is 10.00. The number of aromatic nitrogens is 3. The van der Waals surface area contributed by atoms with E-state index in [4.69, 9.17) is 0 Å². The minimum atomic E-state index is -0.183. The van der Waals surface area contributed by atoms with Gasteiger partial charge < -0.3 is 4.90 Å². The number of Topliss-reactive ketones (excluding diaryl/α,β-unsaturated/α-hetero) is 1. The maximum absolute atomic E-state index is 12.5. The number of carbonyl (C=O) groups excluding carboxylic acids is 1. The Kier molecular flexibility index (Phi) is 2.99. The third-order valence-electron chi connectivity index (χ3n) is 4.82. The van der Waals surface area contributed by atoms with E-state index in [0.29, 0.717) is 35.4 Å². The van der Waals surface area contributed by atoms with Gasteiger partial charge in [-0.25, -0.2) is 4.98 Å². The van der Waals surface area contributed by atoms with Crippen LogP contribution in [0.5, 0.6) is 0 Å². The molecule has 4 rings (SSSR count). The SMILES string of the molecule is CC1CCN(c2nc3ncc4c(c3c(=O)[nH]2)CCC4=O)CC1. The second kappa shape index (κ2) is 4.90. The number of nitrogens with zero attached hydrogens (tertiary/aromatic N) is 3. The largest absolute Gasteiger partial charge is 0.342 e. The molecule has 3 heterocycles. The van der Waals surface area contributed by atoms with Crippen molar-refractivity contribution in [3.63, 3.8) is 0 Å². The van der Waals surface area contributed by atoms with Crippen LogP contribution in [0.25, 0.3) is 11.0 Å². The number of rotatable bonds is 1. The summed E-state index contributed by atoms with van der Waals surface area (Å²) in [7, 11) is 0. The van der Waals surface area contributed by atoms with E-state index in [0.717, 1.165) is 37.4 Å². The van der Waals surface area contributed by atoms with E-state index in [1.807, 2.05) is 0 Å². The predicted molar refractivity (Wildman–Crippen MR) is 83.4 cm³/mol. The van der Waals surface area contributed by atoms with E-state index < -0.39 is 0 Å². The Morgan fingerprint density at radius 1 is 1.23 bits per heavy atom. The van der Waals surface area contributed by atoms with Gasteiger partial charge in [0, 0.05) is 31.3 Å². The van der Waals surface area contributed by atoms with Gasteiger partial charge in [-0.05, 0) is 30.7 Å². The van der Waals surface area contributed by atoms with Crippen molar-refractivity contribution >= 4 is 22.8 Å². The maximum Gasteiger partial charge on any atom is 0.262 e. The molecule has 22 heavy (non-hydrogen) atoms. The molecule has 2 aromatic rings. The molecule has 114 valence electrons. The van der Waals surface area contributed by atoms with Gasteiger partial charge in [0.05, 0.1) is 5.39 Å². The van der Waals surface area contributed by atoms with Crippen LogP contribution in [-0.2, 0) is 6.42 Å². The zero-order valence-electron chi connectivity index (χ0n) is 12.6. The molecule has 0 amide bonds. The Labute approximate surface area is 127 Å². The number of ketones is 1. The van der Waals surface area contributed by atoms with Crippen LogP contribution in [0.4, 0.5) is 5.95 Å². The summed E-state index contributed by atoms with van der Waals surface area (Å²) in [4.78, 5) is 38.1. The fourth-order valence-electron chi connectivity index (χ4n) is 3.40. The normalized spacial score (nSPS) is 19.0. The standard InChI is InChI=1S/C16H18N4O2/c1-9-4-6-20(7-5-9)16-18-14-13(15(22)19-16)10-2-3-12(21)11(10)8-17-14/h8-9H,2-7H2,1H3,(H,17,18,19,22). The predicted octanol–water partition coefficient (Wildman–Crippen LogP) is 1.68. The Balaban J connectivity index is 1.82. The van der Waals surface area contributed by atoms with E-state index >= 15 is 0 Å². The van der Waals surface area contributed by atoms with Crippen LogP contribution in [-0.4, -0.2) is 33.8 Å². The fraction of sp³-hybridized carbons (Fsp3) is 0.500. The van der Waals surface area contributed by atoms with Crippen molar-refractivity contribution in [3.8, 4) is 0 Å². The molecule has 1 fully saturated rings. The number of pyridine rings is 1. The monoisotopic (exact) mass is 298 g/mol. The van der Waals surface area contributed by atoms with Gasteiger partial charge in [0.2, 0.25) is 5.95 Å². The topological polar surface area (TPSA) is 79.0 Å². The summed E-state index contributed by atoms with van der Waals surface area (Å²) in [5.41, 5.74) is 1.66. The second-order valence-electron chi connectivity index (χ2n) is 6.33. The summed E-state index contributed by atoms with van der Waals surface area (Å²) < 4.78 is 0. The highest BCUT2D eigenvalue weighted by atomic mass is 16.1. The highest BCUT2D eigenvalue weighted by Gasteiger charge is 2.25. The molecule has 0 aromatic carbocycles. The minimum absolute atomic E-state index is 0.0675.